The Morgan fingerprint density at radius 1 is 0.867 bits per heavy atom. The van der Waals surface area contributed by atoms with Gasteiger partial charge in [0.15, 0.2) is 0 Å². The highest BCUT2D eigenvalue weighted by molar-refractivity contribution is 6.00. The van der Waals surface area contributed by atoms with Crippen molar-refractivity contribution in [3.63, 3.8) is 0 Å². The van der Waals surface area contributed by atoms with Crippen molar-refractivity contribution in [3.05, 3.63) is 89.5 Å². The molecule has 1 fully saturated rings. The van der Waals surface area contributed by atoms with Crippen molar-refractivity contribution in [2.24, 2.45) is 5.92 Å². The Kier molecular flexibility index (Phi) is 10.7. The Hall–Kier alpha value is -4.90. The molecule has 2 heterocycles. The molecule has 1 saturated heterocycles. The number of phenolic OH excluding ortho intramolecular Hbond substituents is 1. The summed E-state index contributed by atoms with van der Waals surface area (Å²) in [5, 5.41) is 24.6. The zero-order valence-electron chi connectivity index (χ0n) is 25.0. The minimum atomic E-state index is -0.848. The average molecular weight is 614 g/mol. The molecule has 0 bridgehead atoms. The predicted molar refractivity (Wildman–Crippen MR) is 169 cm³/mol. The van der Waals surface area contributed by atoms with Gasteiger partial charge >= 0.3 is 0 Å². The van der Waals surface area contributed by atoms with Gasteiger partial charge in [-0.05, 0) is 73.8 Å². The van der Waals surface area contributed by atoms with E-state index in [-0.39, 0.29) is 66.7 Å². The molecule has 0 aromatic heterocycles. The number of aromatic hydroxyl groups is 1. The van der Waals surface area contributed by atoms with Gasteiger partial charge in [-0.15, -0.1) is 0 Å². The maximum atomic E-state index is 13.6. The molecular formula is C34H39N5O6. The van der Waals surface area contributed by atoms with Crippen molar-refractivity contribution in [2.75, 3.05) is 31.6 Å². The van der Waals surface area contributed by atoms with Gasteiger partial charge in [0.2, 0.25) is 17.7 Å². The fourth-order valence-corrected chi connectivity index (χ4v) is 5.51. The van der Waals surface area contributed by atoms with E-state index >= 15 is 0 Å². The first-order chi connectivity index (χ1) is 21.8. The van der Waals surface area contributed by atoms with E-state index < -0.39 is 18.0 Å². The van der Waals surface area contributed by atoms with Crippen LogP contribution in [0.4, 0.5) is 5.69 Å². The quantitative estimate of drug-likeness (QED) is 0.249. The second-order valence-electron chi connectivity index (χ2n) is 11.4. The number of benzene rings is 3. The Morgan fingerprint density at radius 3 is 2.36 bits per heavy atom. The third-order valence-corrected chi connectivity index (χ3v) is 7.98. The van der Waals surface area contributed by atoms with Gasteiger partial charge in [-0.2, -0.15) is 0 Å². The molecule has 11 heteroatoms. The minimum absolute atomic E-state index is 0.0136. The first-order valence-corrected chi connectivity index (χ1v) is 15.3. The van der Waals surface area contributed by atoms with Crippen LogP contribution in [0.5, 0.6) is 11.5 Å². The van der Waals surface area contributed by atoms with E-state index in [1.54, 1.807) is 42.5 Å². The Balaban J connectivity index is 1.39. The molecule has 0 aliphatic carbocycles. The lowest BCUT2D eigenvalue weighted by atomic mass is 9.97. The Morgan fingerprint density at radius 2 is 1.60 bits per heavy atom. The van der Waals surface area contributed by atoms with E-state index in [1.807, 2.05) is 30.3 Å². The fourth-order valence-electron chi connectivity index (χ4n) is 5.51. The second kappa shape index (κ2) is 15.2. The molecule has 3 aromatic carbocycles. The first kappa shape index (κ1) is 31.5. The van der Waals surface area contributed by atoms with Crippen molar-refractivity contribution < 1.29 is 29.0 Å². The molecule has 5 rings (SSSR count). The number of rotatable bonds is 6. The molecular weight excluding hydrogens is 574 g/mol. The molecule has 2 aliphatic heterocycles. The lowest BCUT2D eigenvalue weighted by Crippen LogP contribution is -2.52. The van der Waals surface area contributed by atoms with Crippen molar-refractivity contribution >= 4 is 29.3 Å². The second-order valence-corrected chi connectivity index (χ2v) is 11.4. The van der Waals surface area contributed by atoms with Crippen LogP contribution in [0.3, 0.4) is 0 Å². The minimum Gasteiger partial charge on any atom is -0.508 e. The highest BCUT2D eigenvalue weighted by Gasteiger charge is 2.26. The third kappa shape index (κ3) is 9.05. The maximum Gasteiger partial charge on any atom is 0.255 e. The van der Waals surface area contributed by atoms with Gasteiger partial charge in [-0.3, -0.25) is 19.2 Å². The summed E-state index contributed by atoms with van der Waals surface area (Å²) in [5.41, 5.74) is 2.40. The predicted octanol–water partition coefficient (Wildman–Crippen LogP) is 2.30. The van der Waals surface area contributed by atoms with Crippen LogP contribution in [0.15, 0.2) is 72.8 Å². The van der Waals surface area contributed by atoms with Crippen molar-refractivity contribution in [1.82, 2.24) is 21.3 Å². The molecule has 2 atom stereocenters. The average Bonchev–Trinajstić information content (AvgIpc) is 3.05. The van der Waals surface area contributed by atoms with Gasteiger partial charge in [-0.25, -0.2) is 0 Å². The Labute approximate surface area is 262 Å². The lowest BCUT2D eigenvalue weighted by Gasteiger charge is -2.25. The molecule has 0 radical (unpaired) electrons. The summed E-state index contributed by atoms with van der Waals surface area (Å²) in [4.78, 5) is 52.8. The summed E-state index contributed by atoms with van der Waals surface area (Å²) in [5.74, 6) is -1.00. The van der Waals surface area contributed by atoms with Gasteiger partial charge in [0, 0.05) is 31.0 Å². The molecule has 3 aromatic rings. The normalized spacial score (nSPS) is 20.0. The van der Waals surface area contributed by atoms with E-state index in [4.69, 9.17) is 4.74 Å². The van der Waals surface area contributed by atoms with Gasteiger partial charge < -0.3 is 36.4 Å². The van der Waals surface area contributed by atoms with Crippen LogP contribution >= 0.6 is 0 Å². The number of piperidine rings is 1. The number of carbonyl (C=O) groups excluding carboxylic acids is 4. The summed E-state index contributed by atoms with van der Waals surface area (Å²) >= 11 is 0. The monoisotopic (exact) mass is 613 g/mol. The van der Waals surface area contributed by atoms with Crippen molar-refractivity contribution in [1.29, 1.82) is 0 Å². The number of carbonyl (C=O) groups is 4. The van der Waals surface area contributed by atoms with Crippen LogP contribution < -0.4 is 31.3 Å². The number of amides is 4. The van der Waals surface area contributed by atoms with Crippen LogP contribution in [0.1, 0.15) is 40.7 Å². The molecule has 2 aliphatic rings. The number of hydrogen-bond acceptors (Lipinski definition) is 7. The van der Waals surface area contributed by atoms with E-state index in [2.05, 4.69) is 26.6 Å². The van der Waals surface area contributed by atoms with Gasteiger partial charge in [0.25, 0.3) is 5.91 Å². The molecule has 45 heavy (non-hydrogen) atoms. The number of ether oxygens (including phenoxy) is 1. The van der Waals surface area contributed by atoms with Crippen LogP contribution in [-0.2, 0) is 27.2 Å². The molecule has 236 valence electrons. The summed E-state index contributed by atoms with van der Waals surface area (Å²) < 4.78 is 6.18. The van der Waals surface area contributed by atoms with Crippen LogP contribution in [0.2, 0.25) is 0 Å². The number of anilines is 1. The van der Waals surface area contributed by atoms with E-state index in [0.29, 0.717) is 12.1 Å². The van der Waals surface area contributed by atoms with E-state index in [1.165, 1.54) is 0 Å². The number of nitrogens with one attached hydrogen (secondary N) is 5. The van der Waals surface area contributed by atoms with Crippen LogP contribution in [0, 0.1) is 5.92 Å². The number of hydrogen-bond donors (Lipinski definition) is 6. The lowest BCUT2D eigenvalue weighted by molar-refractivity contribution is -0.129. The summed E-state index contributed by atoms with van der Waals surface area (Å²) in [6, 6.07) is 19.5. The van der Waals surface area contributed by atoms with Gasteiger partial charge in [-0.1, -0.05) is 42.5 Å². The molecule has 0 spiro atoms. The molecule has 4 amide bonds. The summed E-state index contributed by atoms with van der Waals surface area (Å²) in [7, 11) is 0. The Bertz CT molecular complexity index is 1490. The first-order valence-electron chi connectivity index (χ1n) is 15.3. The van der Waals surface area contributed by atoms with Crippen LogP contribution in [0.25, 0.3) is 0 Å². The largest absolute Gasteiger partial charge is 0.508 e. The van der Waals surface area contributed by atoms with Crippen molar-refractivity contribution in [3.8, 4) is 11.5 Å². The zero-order valence-corrected chi connectivity index (χ0v) is 25.0. The van der Waals surface area contributed by atoms with E-state index in [0.717, 1.165) is 37.1 Å². The third-order valence-electron chi connectivity index (χ3n) is 7.98. The molecule has 11 nitrogen and oxygen atoms in total. The highest BCUT2D eigenvalue weighted by atomic mass is 16.5. The standard InChI is InChI=1S/C34H39N5O6/c40-27-9-6-23(7-10-27)18-26-21-45-30-11-8-25(37-32(42)24-12-15-35-16-13-24)20-28(30)33(43)36-17-14-31(41)39-29(34(44)38-26)19-22-4-2-1-3-5-22/h1-11,20,24,26,29,35,40H,12-19,21H2,(H,36,43)(H,37,42)(H,38,44)(H,39,41)/t26?,29-/m0/s1. The van der Waals surface area contributed by atoms with Gasteiger partial charge in [0.05, 0.1) is 11.6 Å². The number of phenols is 1. The smallest absolute Gasteiger partial charge is 0.255 e. The number of fused-ring (bicyclic) bond motifs is 1. The topological polar surface area (TPSA) is 158 Å². The fraction of sp³-hybridized carbons (Fsp3) is 0.353. The zero-order chi connectivity index (χ0) is 31.6. The van der Waals surface area contributed by atoms with Crippen LogP contribution in [-0.4, -0.2) is 67.1 Å². The summed E-state index contributed by atoms with van der Waals surface area (Å²) in [6.45, 7) is 1.61. The maximum absolute atomic E-state index is 13.6. The summed E-state index contributed by atoms with van der Waals surface area (Å²) in [6.07, 6.45) is 2.09. The highest BCUT2D eigenvalue weighted by Crippen LogP contribution is 2.25. The van der Waals surface area contributed by atoms with Gasteiger partial charge in [0.1, 0.15) is 24.1 Å². The molecule has 0 saturated carbocycles. The van der Waals surface area contributed by atoms with Crippen molar-refractivity contribution in [2.45, 2.75) is 44.2 Å². The molecule has 6 N–H and O–H groups in total. The van der Waals surface area contributed by atoms with E-state index in [9.17, 15) is 24.3 Å². The molecule has 1 unspecified atom stereocenters. The SMILES string of the molecule is O=C1CCNC(=O)c2cc(NC(=O)C3CCNCC3)ccc2OCC(Cc2ccc(O)cc2)NC(=O)[C@H](Cc2ccccc2)N1.